The SMILES string of the molecule is CCC(C)CS([NH])(=O)=O. The molecule has 1 unspecified atom stereocenters. The minimum absolute atomic E-state index is 0.0104. The largest absolute Gasteiger partial charge is 0.225 e. The van der Waals surface area contributed by atoms with Crippen molar-refractivity contribution in [1.82, 2.24) is 5.14 Å². The molecule has 1 N–H and O–H groups in total. The summed E-state index contributed by atoms with van der Waals surface area (Å²) in [7, 11) is -3.49. The molecule has 55 valence electrons. The molecule has 0 aliphatic carbocycles. The molecule has 0 aromatic heterocycles. The summed E-state index contributed by atoms with van der Waals surface area (Å²) in [5.41, 5.74) is 0. The molecule has 0 aliphatic heterocycles. The van der Waals surface area contributed by atoms with Crippen LogP contribution >= 0.6 is 0 Å². The van der Waals surface area contributed by atoms with Crippen LogP contribution in [0.4, 0.5) is 0 Å². The molecule has 4 heteroatoms. The summed E-state index contributed by atoms with van der Waals surface area (Å²) in [6.45, 7) is 3.74. The van der Waals surface area contributed by atoms with Gasteiger partial charge in [-0.3, -0.25) is 0 Å². The zero-order chi connectivity index (χ0) is 7.49. The molecule has 0 aromatic carbocycles. The van der Waals surface area contributed by atoms with Crippen LogP contribution in [0.5, 0.6) is 0 Å². The average Bonchev–Trinajstić information content (AvgIpc) is 1.62. The molecule has 0 aromatic rings. The van der Waals surface area contributed by atoms with Crippen LogP contribution in [0.25, 0.3) is 0 Å². The van der Waals surface area contributed by atoms with Crippen LogP contribution in [0.3, 0.4) is 0 Å². The minimum atomic E-state index is -3.49. The molecule has 3 nitrogen and oxygen atoms in total. The Bertz CT molecular complexity index is 162. The predicted octanol–water partition coefficient (Wildman–Crippen LogP) is 0.645. The van der Waals surface area contributed by atoms with Crippen molar-refractivity contribution in [3.8, 4) is 0 Å². The smallest absolute Gasteiger partial charge is 0.211 e. The lowest BCUT2D eigenvalue weighted by Crippen LogP contribution is -2.12. The summed E-state index contributed by atoms with van der Waals surface area (Å²) in [5.74, 6) is 0.108. The summed E-state index contributed by atoms with van der Waals surface area (Å²) in [5, 5.41) is 6.54. The van der Waals surface area contributed by atoms with Crippen LogP contribution < -0.4 is 5.14 Å². The summed E-state index contributed by atoms with van der Waals surface area (Å²) in [4.78, 5) is 0. The Morgan fingerprint density at radius 3 is 2.11 bits per heavy atom. The van der Waals surface area contributed by atoms with Crippen molar-refractivity contribution in [1.29, 1.82) is 0 Å². The molecule has 0 saturated heterocycles. The van der Waals surface area contributed by atoms with Gasteiger partial charge in [-0.15, -0.1) is 5.14 Å². The van der Waals surface area contributed by atoms with E-state index in [1.165, 1.54) is 0 Å². The van der Waals surface area contributed by atoms with Gasteiger partial charge in [0.15, 0.2) is 0 Å². The van der Waals surface area contributed by atoms with E-state index in [4.69, 9.17) is 5.14 Å². The van der Waals surface area contributed by atoms with Crippen LogP contribution in [0.1, 0.15) is 20.3 Å². The van der Waals surface area contributed by atoms with Gasteiger partial charge in [-0.2, -0.15) is 0 Å². The van der Waals surface area contributed by atoms with E-state index in [-0.39, 0.29) is 11.7 Å². The minimum Gasteiger partial charge on any atom is -0.211 e. The fourth-order valence-corrected chi connectivity index (χ4v) is 1.48. The summed E-state index contributed by atoms with van der Waals surface area (Å²) >= 11 is 0. The first kappa shape index (κ1) is 8.91. The van der Waals surface area contributed by atoms with Crippen molar-refractivity contribution in [2.45, 2.75) is 20.3 Å². The standard InChI is InChI=1S/C5H12NO2S/c1-3-5(2)4-9(6,7)8/h5-6H,3-4H2,1-2H3. The van der Waals surface area contributed by atoms with Crippen molar-refractivity contribution < 1.29 is 8.42 Å². The number of hydrogen-bond donors (Lipinski definition) is 0. The van der Waals surface area contributed by atoms with E-state index in [2.05, 4.69) is 0 Å². The van der Waals surface area contributed by atoms with Crippen LogP contribution in [-0.2, 0) is 10.0 Å². The highest BCUT2D eigenvalue weighted by Gasteiger charge is 2.08. The van der Waals surface area contributed by atoms with Gasteiger partial charge in [0.05, 0.1) is 5.75 Å². The summed E-state index contributed by atoms with van der Waals surface area (Å²) in [6.07, 6.45) is 0.818. The molecule has 9 heavy (non-hydrogen) atoms. The number of hydrogen-bond acceptors (Lipinski definition) is 2. The zero-order valence-corrected chi connectivity index (χ0v) is 6.53. The fraction of sp³-hybridized carbons (Fsp3) is 1.00. The predicted molar refractivity (Wildman–Crippen MR) is 36.3 cm³/mol. The highest BCUT2D eigenvalue weighted by molar-refractivity contribution is 7.88. The number of sulfonamides is 1. The fourth-order valence-electron chi connectivity index (χ4n) is 0.492. The highest BCUT2D eigenvalue weighted by atomic mass is 32.2. The van der Waals surface area contributed by atoms with E-state index in [9.17, 15) is 8.42 Å². The first-order valence-corrected chi connectivity index (χ1v) is 4.58. The van der Waals surface area contributed by atoms with E-state index >= 15 is 0 Å². The van der Waals surface area contributed by atoms with E-state index in [1.54, 1.807) is 0 Å². The van der Waals surface area contributed by atoms with Crippen molar-refractivity contribution >= 4 is 10.0 Å². The van der Waals surface area contributed by atoms with Crippen molar-refractivity contribution in [2.24, 2.45) is 5.92 Å². The van der Waals surface area contributed by atoms with E-state index in [0.717, 1.165) is 6.42 Å². The molecule has 1 radical (unpaired) electrons. The Kier molecular flexibility index (Phi) is 3.14. The van der Waals surface area contributed by atoms with Gasteiger partial charge in [-0.05, 0) is 5.92 Å². The summed E-state index contributed by atoms with van der Waals surface area (Å²) < 4.78 is 20.5. The van der Waals surface area contributed by atoms with Crippen LogP contribution in [0, 0.1) is 5.92 Å². The Hall–Kier alpha value is -0.0900. The highest BCUT2D eigenvalue weighted by Crippen LogP contribution is 2.02. The Morgan fingerprint density at radius 2 is 2.00 bits per heavy atom. The van der Waals surface area contributed by atoms with Gasteiger partial charge >= 0.3 is 0 Å². The lowest BCUT2D eigenvalue weighted by Gasteiger charge is -2.03. The van der Waals surface area contributed by atoms with Gasteiger partial charge in [0.25, 0.3) is 0 Å². The molecule has 0 amide bonds. The lowest BCUT2D eigenvalue weighted by atomic mass is 10.2. The molecular formula is C5H12NO2S. The second-order valence-corrected chi connectivity index (χ2v) is 3.86. The van der Waals surface area contributed by atoms with Gasteiger partial charge in [-0.25, -0.2) is 8.42 Å². The quantitative estimate of drug-likeness (QED) is 0.593. The maximum Gasteiger partial charge on any atom is 0.225 e. The first-order valence-electron chi connectivity index (χ1n) is 2.93. The molecule has 0 fully saturated rings. The second-order valence-electron chi connectivity index (χ2n) is 2.29. The molecule has 0 rings (SSSR count). The van der Waals surface area contributed by atoms with Crippen LogP contribution in [-0.4, -0.2) is 14.2 Å². The maximum atomic E-state index is 10.3. The van der Waals surface area contributed by atoms with Crippen LogP contribution in [0.15, 0.2) is 0 Å². The van der Waals surface area contributed by atoms with Gasteiger partial charge in [0.1, 0.15) is 0 Å². The molecule has 1 atom stereocenters. The van der Waals surface area contributed by atoms with Crippen LogP contribution in [0.2, 0.25) is 0 Å². The maximum absolute atomic E-state index is 10.3. The second kappa shape index (κ2) is 3.17. The molecule has 0 bridgehead atoms. The molecule has 0 heterocycles. The topological polar surface area (TPSA) is 57.9 Å². The summed E-state index contributed by atoms with van der Waals surface area (Å²) in [6, 6.07) is 0. The Balaban J connectivity index is 3.75. The Morgan fingerprint density at radius 1 is 1.56 bits per heavy atom. The zero-order valence-electron chi connectivity index (χ0n) is 5.72. The van der Waals surface area contributed by atoms with E-state index in [0.29, 0.717) is 0 Å². The van der Waals surface area contributed by atoms with Crippen molar-refractivity contribution in [3.05, 3.63) is 0 Å². The van der Waals surface area contributed by atoms with Crippen molar-refractivity contribution in [3.63, 3.8) is 0 Å². The average molecular weight is 150 g/mol. The van der Waals surface area contributed by atoms with E-state index < -0.39 is 10.0 Å². The molecule has 0 saturated carbocycles. The molecule has 0 spiro atoms. The van der Waals surface area contributed by atoms with E-state index in [1.807, 2.05) is 13.8 Å². The lowest BCUT2D eigenvalue weighted by molar-refractivity contribution is 0.564. The number of rotatable bonds is 3. The van der Waals surface area contributed by atoms with Gasteiger partial charge in [0, 0.05) is 0 Å². The molecule has 0 aliphatic rings. The third-order valence-corrected chi connectivity index (χ3v) is 2.21. The monoisotopic (exact) mass is 150 g/mol. The van der Waals surface area contributed by atoms with Crippen molar-refractivity contribution in [2.75, 3.05) is 5.75 Å². The Labute approximate surface area is 56.3 Å². The third-order valence-electron chi connectivity index (χ3n) is 1.20. The normalized spacial score (nSPS) is 15.4. The number of nitrogens with one attached hydrogen (secondary N) is 1. The van der Waals surface area contributed by atoms with Gasteiger partial charge in [0.2, 0.25) is 10.0 Å². The first-order chi connectivity index (χ1) is 3.95. The van der Waals surface area contributed by atoms with Gasteiger partial charge in [-0.1, -0.05) is 20.3 Å². The third kappa shape index (κ3) is 5.79. The van der Waals surface area contributed by atoms with Gasteiger partial charge < -0.3 is 0 Å². The molecular weight excluding hydrogens is 138 g/mol.